The van der Waals surface area contributed by atoms with E-state index < -0.39 is 6.09 Å². The molecule has 0 fully saturated rings. The van der Waals surface area contributed by atoms with Crippen LogP contribution in [-0.2, 0) is 4.74 Å². The van der Waals surface area contributed by atoms with Crippen LogP contribution in [-0.4, -0.2) is 25.9 Å². The summed E-state index contributed by atoms with van der Waals surface area (Å²) in [5.41, 5.74) is 0. The summed E-state index contributed by atoms with van der Waals surface area (Å²) in [7, 11) is 0. The molecular formula is C17H18FNO4. The van der Waals surface area contributed by atoms with E-state index >= 15 is 0 Å². The SMILES string of the molecule is CCNC(=O)OCCOc1ccc(Oc2cccc(F)c2)cc1. The molecule has 0 aliphatic heterocycles. The zero-order chi connectivity index (χ0) is 16.5. The van der Waals surface area contributed by atoms with E-state index in [0.29, 0.717) is 23.8 Å². The summed E-state index contributed by atoms with van der Waals surface area (Å²) in [4.78, 5) is 11.1. The van der Waals surface area contributed by atoms with Gasteiger partial charge in [-0.25, -0.2) is 9.18 Å². The van der Waals surface area contributed by atoms with E-state index in [2.05, 4.69) is 5.32 Å². The summed E-state index contributed by atoms with van der Waals surface area (Å²) < 4.78 is 28.9. The Labute approximate surface area is 134 Å². The second-order valence-corrected chi connectivity index (χ2v) is 4.55. The van der Waals surface area contributed by atoms with Crippen molar-refractivity contribution < 1.29 is 23.4 Å². The quantitative estimate of drug-likeness (QED) is 0.790. The number of carbonyl (C=O) groups excluding carboxylic acids is 1. The van der Waals surface area contributed by atoms with Crippen LogP contribution in [0.25, 0.3) is 0 Å². The van der Waals surface area contributed by atoms with Gasteiger partial charge < -0.3 is 19.5 Å². The fourth-order valence-electron chi connectivity index (χ4n) is 1.76. The summed E-state index contributed by atoms with van der Waals surface area (Å²) in [6, 6.07) is 12.8. The van der Waals surface area contributed by atoms with Crippen molar-refractivity contribution in [2.45, 2.75) is 6.92 Å². The van der Waals surface area contributed by atoms with E-state index in [4.69, 9.17) is 14.2 Å². The minimum Gasteiger partial charge on any atom is -0.490 e. The van der Waals surface area contributed by atoms with Gasteiger partial charge in [-0.05, 0) is 43.3 Å². The van der Waals surface area contributed by atoms with E-state index in [9.17, 15) is 9.18 Å². The van der Waals surface area contributed by atoms with Crippen molar-refractivity contribution in [2.24, 2.45) is 0 Å². The van der Waals surface area contributed by atoms with Crippen LogP contribution in [0.15, 0.2) is 48.5 Å². The molecule has 2 rings (SSSR count). The van der Waals surface area contributed by atoms with Crippen molar-refractivity contribution in [2.75, 3.05) is 19.8 Å². The predicted molar refractivity (Wildman–Crippen MR) is 83.4 cm³/mol. The first kappa shape index (κ1) is 16.6. The Kier molecular flexibility index (Phi) is 6.23. The Bertz CT molecular complexity index is 631. The molecule has 2 aromatic rings. The number of carbonyl (C=O) groups is 1. The average molecular weight is 319 g/mol. The Morgan fingerprint density at radius 1 is 1.04 bits per heavy atom. The molecule has 0 bridgehead atoms. The maximum atomic E-state index is 13.1. The normalized spacial score (nSPS) is 10.0. The first-order valence-electron chi connectivity index (χ1n) is 7.24. The molecule has 0 aromatic heterocycles. The summed E-state index contributed by atoms with van der Waals surface area (Å²) in [6.45, 7) is 2.74. The van der Waals surface area contributed by atoms with Crippen LogP contribution in [0.4, 0.5) is 9.18 Å². The van der Waals surface area contributed by atoms with Gasteiger partial charge in [0.15, 0.2) is 0 Å². The maximum Gasteiger partial charge on any atom is 0.407 e. The van der Waals surface area contributed by atoms with Crippen LogP contribution in [0.3, 0.4) is 0 Å². The molecule has 23 heavy (non-hydrogen) atoms. The van der Waals surface area contributed by atoms with Gasteiger partial charge in [0, 0.05) is 12.6 Å². The van der Waals surface area contributed by atoms with Gasteiger partial charge in [-0.1, -0.05) is 6.07 Å². The molecule has 0 radical (unpaired) electrons. The minimum absolute atomic E-state index is 0.160. The first-order valence-corrected chi connectivity index (χ1v) is 7.24. The third-order valence-corrected chi connectivity index (χ3v) is 2.76. The molecule has 0 aliphatic rings. The largest absolute Gasteiger partial charge is 0.490 e. The van der Waals surface area contributed by atoms with E-state index in [1.54, 1.807) is 36.4 Å². The monoisotopic (exact) mass is 319 g/mol. The van der Waals surface area contributed by atoms with Gasteiger partial charge in [0.05, 0.1) is 0 Å². The van der Waals surface area contributed by atoms with Gasteiger partial charge in [0.25, 0.3) is 0 Å². The topological polar surface area (TPSA) is 56.8 Å². The smallest absolute Gasteiger partial charge is 0.407 e. The van der Waals surface area contributed by atoms with Gasteiger partial charge >= 0.3 is 6.09 Å². The van der Waals surface area contributed by atoms with Crippen molar-refractivity contribution >= 4 is 6.09 Å². The van der Waals surface area contributed by atoms with Crippen molar-refractivity contribution in [1.82, 2.24) is 5.32 Å². The molecule has 0 saturated heterocycles. The third-order valence-electron chi connectivity index (χ3n) is 2.76. The lowest BCUT2D eigenvalue weighted by molar-refractivity contribution is 0.125. The van der Waals surface area contributed by atoms with Crippen molar-refractivity contribution in [1.29, 1.82) is 0 Å². The van der Waals surface area contributed by atoms with Gasteiger partial charge in [-0.15, -0.1) is 0 Å². The highest BCUT2D eigenvalue weighted by Crippen LogP contribution is 2.24. The summed E-state index contributed by atoms with van der Waals surface area (Å²) in [5.74, 6) is 1.26. The number of hydrogen-bond donors (Lipinski definition) is 1. The van der Waals surface area contributed by atoms with Crippen LogP contribution in [0, 0.1) is 5.82 Å². The lowest BCUT2D eigenvalue weighted by Crippen LogP contribution is -2.25. The molecule has 0 spiro atoms. The molecule has 0 unspecified atom stereocenters. The van der Waals surface area contributed by atoms with Crippen LogP contribution >= 0.6 is 0 Å². The Morgan fingerprint density at radius 3 is 2.48 bits per heavy atom. The van der Waals surface area contributed by atoms with E-state index in [-0.39, 0.29) is 19.0 Å². The predicted octanol–water partition coefficient (Wildman–Crippen LogP) is 3.74. The fourth-order valence-corrected chi connectivity index (χ4v) is 1.76. The maximum absolute atomic E-state index is 13.1. The summed E-state index contributed by atoms with van der Waals surface area (Å²) in [6.07, 6.45) is -0.463. The number of nitrogens with one attached hydrogen (secondary N) is 1. The molecule has 1 N–H and O–H groups in total. The summed E-state index contributed by atoms with van der Waals surface area (Å²) in [5, 5.41) is 2.52. The van der Waals surface area contributed by atoms with E-state index in [0.717, 1.165) is 0 Å². The fraction of sp³-hybridized carbons (Fsp3) is 0.235. The molecule has 6 heteroatoms. The molecule has 122 valence electrons. The highest BCUT2D eigenvalue weighted by Gasteiger charge is 2.02. The van der Waals surface area contributed by atoms with Crippen LogP contribution < -0.4 is 14.8 Å². The summed E-state index contributed by atoms with van der Waals surface area (Å²) >= 11 is 0. The number of hydrogen-bond acceptors (Lipinski definition) is 4. The lowest BCUT2D eigenvalue weighted by atomic mass is 10.3. The first-order chi connectivity index (χ1) is 11.2. The molecule has 0 aliphatic carbocycles. The molecular weight excluding hydrogens is 301 g/mol. The Morgan fingerprint density at radius 2 is 1.78 bits per heavy atom. The molecule has 5 nitrogen and oxygen atoms in total. The average Bonchev–Trinajstić information content (AvgIpc) is 2.53. The van der Waals surface area contributed by atoms with Crippen molar-refractivity contribution in [3.05, 3.63) is 54.3 Å². The molecule has 0 heterocycles. The zero-order valence-corrected chi connectivity index (χ0v) is 12.8. The highest BCUT2D eigenvalue weighted by molar-refractivity contribution is 5.66. The third kappa shape index (κ3) is 5.86. The molecule has 0 saturated carbocycles. The molecule has 1 amide bonds. The van der Waals surface area contributed by atoms with Crippen LogP contribution in [0.2, 0.25) is 0 Å². The zero-order valence-electron chi connectivity index (χ0n) is 12.8. The molecule has 0 atom stereocenters. The Balaban J connectivity index is 1.77. The van der Waals surface area contributed by atoms with Crippen molar-refractivity contribution in [3.8, 4) is 17.2 Å². The number of ether oxygens (including phenoxy) is 3. The van der Waals surface area contributed by atoms with Crippen LogP contribution in [0.5, 0.6) is 17.2 Å². The molecule has 2 aromatic carbocycles. The second kappa shape index (κ2) is 8.63. The minimum atomic E-state index is -0.463. The number of alkyl carbamates (subject to hydrolysis) is 1. The van der Waals surface area contributed by atoms with Gasteiger partial charge in [-0.3, -0.25) is 0 Å². The highest BCUT2D eigenvalue weighted by atomic mass is 19.1. The van der Waals surface area contributed by atoms with Gasteiger partial charge in [-0.2, -0.15) is 0 Å². The number of benzene rings is 2. The van der Waals surface area contributed by atoms with E-state index in [1.165, 1.54) is 12.1 Å². The second-order valence-electron chi connectivity index (χ2n) is 4.55. The number of rotatable bonds is 7. The Hall–Kier alpha value is -2.76. The van der Waals surface area contributed by atoms with Crippen LogP contribution in [0.1, 0.15) is 6.92 Å². The van der Waals surface area contributed by atoms with Gasteiger partial charge in [0.2, 0.25) is 0 Å². The number of halogens is 1. The lowest BCUT2D eigenvalue weighted by Gasteiger charge is -2.09. The van der Waals surface area contributed by atoms with Crippen molar-refractivity contribution in [3.63, 3.8) is 0 Å². The van der Waals surface area contributed by atoms with Gasteiger partial charge in [0.1, 0.15) is 36.3 Å². The number of amides is 1. The standard InChI is InChI=1S/C17H18FNO4/c1-2-19-17(20)22-11-10-21-14-6-8-15(9-7-14)23-16-5-3-4-13(18)12-16/h3-9,12H,2,10-11H2,1H3,(H,19,20). The van der Waals surface area contributed by atoms with E-state index in [1.807, 2.05) is 6.92 Å².